The lowest BCUT2D eigenvalue weighted by Crippen LogP contribution is -2.44. The van der Waals surface area contributed by atoms with E-state index in [1.807, 2.05) is 18.2 Å². The Hall–Kier alpha value is -1.13. The largest absolute Gasteiger partial charge is 0.384 e. The normalized spacial score (nSPS) is 26.9. The van der Waals surface area contributed by atoms with Gasteiger partial charge >= 0.3 is 0 Å². The van der Waals surface area contributed by atoms with Gasteiger partial charge in [-0.3, -0.25) is 4.90 Å². The Morgan fingerprint density at radius 2 is 2.06 bits per heavy atom. The van der Waals surface area contributed by atoms with Gasteiger partial charge in [0.05, 0.1) is 17.9 Å². The lowest BCUT2D eigenvalue weighted by molar-refractivity contribution is -0.0707. The van der Waals surface area contributed by atoms with Crippen LogP contribution >= 0.6 is 0 Å². The maximum Gasteiger partial charge on any atom is 0.123 e. The second-order valence-electron chi connectivity index (χ2n) is 4.51. The molecule has 2 rings (SSSR count). The molecule has 0 saturated carbocycles. The van der Waals surface area contributed by atoms with Crippen molar-refractivity contribution in [3.8, 4) is 0 Å². The first kappa shape index (κ1) is 11.4. The molecule has 2 N–H and O–H groups in total. The molecule has 2 atom stereocenters. The fourth-order valence-electron chi connectivity index (χ4n) is 2.23. The third-order valence-electron chi connectivity index (χ3n) is 2.71. The van der Waals surface area contributed by atoms with Gasteiger partial charge in [-0.05, 0) is 26.0 Å². The van der Waals surface area contributed by atoms with E-state index in [1.165, 1.54) is 0 Å². The third-order valence-corrected chi connectivity index (χ3v) is 2.71. The number of morpholine rings is 1. The zero-order valence-electron chi connectivity index (χ0n) is 9.89. The van der Waals surface area contributed by atoms with Gasteiger partial charge in [0.2, 0.25) is 0 Å². The molecule has 2 heterocycles. The van der Waals surface area contributed by atoms with Gasteiger partial charge < -0.3 is 10.5 Å². The molecule has 0 aromatic carbocycles. The molecule has 1 aromatic heterocycles. The zero-order chi connectivity index (χ0) is 11.5. The number of hydrogen-bond acceptors (Lipinski definition) is 4. The van der Waals surface area contributed by atoms with E-state index in [1.54, 1.807) is 0 Å². The molecule has 1 aliphatic rings. The number of aromatic nitrogens is 1. The van der Waals surface area contributed by atoms with Gasteiger partial charge in [0.1, 0.15) is 5.82 Å². The lowest BCUT2D eigenvalue weighted by Gasteiger charge is -2.35. The predicted octanol–water partition coefficient (Wildman–Crippen LogP) is 1.27. The topological polar surface area (TPSA) is 51.4 Å². The molecule has 1 aromatic rings. The van der Waals surface area contributed by atoms with E-state index < -0.39 is 0 Å². The van der Waals surface area contributed by atoms with E-state index in [9.17, 15) is 0 Å². The Bertz CT molecular complexity index is 346. The number of hydrogen-bond donors (Lipinski definition) is 1. The molecule has 0 radical (unpaired) electrons. The van der Waals surface area contributed by atoms with Crippen LogP contribution in [0, 0.1) is 0 Å². The Morgan fingerprint density at radius 3 is 2.69 bits per heavy atom. The summed E-state index contributed by atoms with van der Waals surface area (Å²) in [6.45, 7) is 6.98. The number of pyridine rings is 1. The molecular formula is C12H19N3O. The van der Waals surface area contributed by atoms with Gasteiger partial charge in [0.25, 0.3) is 0 Å². The van der Waals surface area contributed by atoms with Crippen LogP contribution in [-0.2, 0) is 11.3 Å². The second kappa shape index (κ2) is 4.80. The molecular weight excluding hydrogens is 202 g/mol. The molecule has 0 amide bonds. The molecule has 1 aliphatic heterocycles. The Morgan fingerprint density at radius 1 is 1.38 bits per heavy atom. The van der Waals surface area contributed by atoms with Gasteiger partial charge in [0.15, 0.2) is 0 Å². The SMILES string of the molecule is CC1CN(Cc2cccc(N)n2)CC(C)O1. The van der Waals surface area contributed by atoms with Crippen LogP contribution in [0.2, 0.25) is 0 Å². The van der Waals surface area contributed by atoms with Crippen LogP contribution in [0.4, 0.5) is 5.82 Å². The van der Waals surface area contributed by atoms with E-state index in [-0.39, 0.29) is 0 Å². The van der Waals surface area contributed by atoms with E-state index in [4.69, 9.17) is 10.5 Å². The van der Waals surface area contributed by atoms with Gasteiger partial charge in [-0.2, -0.15) is 0 Å². The minimum Gasteiger partial charge on any atom is -0.384 e. The number of nitrogen functional groups attached to an aromatic ring is 1. The minimum atomic E-state index is 0.296. The van der Waals surface area contributed by atoms with E-state index in [0.29, 0.717) is 18.0 Å². The van der Waals surface area contributed by atoms with Crippen molar-refractivity contribution < 1.29 is 4.74 Å². The van der Waals surface area contributed by atoms with Crippen LogP contribution in [0.1, 0.15) is 19.5 Å². The first-order chi connectivity index (χ1) is 7.63. The van der Waals surface area contributed by atoms with Crippen LogP contribution in [0.5, 0.6) is 0 Å². The highest BCUT2D eigenvalue weighted by atomic mass is 16.5. The fourth-order valence-corrected chi connectivity index (χ4v) is 2.23. The number of nitrogens with zero attached hydrogens (tertiary/aromatic N) is 2. The van der Waals surface area contributed by atoms with Crippen molar-refractivity contribution in [3.63, 3.8) is 0 Å². The summed E-state index contributed by atoms with van der Waals surface area (Å²) in [4.78, 5) is 6.67. The highest BCUT2D eigenvalue weighted by Gasteiger charge is 2.22. The number of anilines is 1. The van der Waals surface area contributed by atoms with Crippen molar-refractivity contribution in [3.05, 3.63) is 23.9 Å². The summed E-state index contributed by atoms with van der Waals surface area (Å²) in [6, 6.07) is 5.78. The van der Waals surface area contributed by atoms with Gasteiger partial charge in [-0.1, -0.05) is 6.07 Å². The van der Waals surface area contributed by atoms with Crippen LogP contribution < -0.4 is 5.73 Å². The Kier molecular flexibility index (Phi) is 3.41. The van der Waals surface area contributed by atoms with Crippen LogP contribution in [-0.4, -0.2) is 35.2 Å². The lowest BCUT2D eigenvalue weighted by atomic mass is 10.2. The zero-order valence-corrected chi connectivity index (χ0v) is 9.89. The van der Waals surface area contributed by atoms with Crippen molar-refractivity contribution >= 4 is 5.82 Å². The van der Waals surface area contributed by atoms with Gasteiger partial charge in [0, 0.05) is 19.6 Å². The maximum absolute atomic E-state index is 5.69. The standard InChI is InChI=1S/C12H19N3O/c1-9-6-15(7-10(2)16-9)8-11-4-3-5-12(13)14-11/h3-5,9-10H,6-8H2,1-2H3,(H2,13,14). The molecule has 0 bridgehead atoms. The average Bonchev–Trinajstić information content (AvgIpc) is 2.15. The first-order valence-electron chi connectivity index (χ1n) is 5.72. The van der Waals surface area contributed by atoms with E-state index >= 15 is 0 Å². The van der Waals surface area contributed by atoms with Crippen molar-refractivity contribution in [2.45, 2.75) is 32.6 Å². The van der Waals surface area contributed by atoms with Crippen molar-refractivity contribution in [2.24, 2.45) is 0 Å². The van der Waals surface area contributed by atoms with Crippen molar-refractivity contribution in [2.75, 3.05) is 18.8 Å². The quantitative estimate of drug-likeness (QED) is 0.817. The van der Waals surface area contributed by atoms with E-state index in [2.05, 4.69) is 23.7 Å². The van der Waals surface area contributed by atoms with Crippen molar-refractivity contribution in [1.29, 1.82) is 0 Å². The molecule has 88 valence electrons. The third kappa shape index (κ3) is 2.93. The van der Waals surface area contributed by atoms with Crippen LogP contribution in [0.15, 0.2) is 18.2 Å². The summed E-state index contributed by atoms with van der Waals surface area (Å²) in [5.74, 6) is 0.590. The summed E-state index contributed by atoms with van der Waals surface area (Å²) in [5.41, 5.74) is 6.69. The molecule has 16 heavy (non-hydrogen) atoms. The highest BCUT2D eigenvalue weighted by Crippen LogP contribution is 2.13. The van der Waals surface area contributed by atoms with E-state index in [0.717, 1.165) is 25.3 Å². The van der Waals surface area contributed by atoms with Crippen molar-refractivity contribution in [1.82, 2.24) is 9.88 Å². The molecule has 0 aliphatic carbocycles. The fraction of sp³-hybridized carbons (Fsp3) is 0.583. The predicted molar refractivity (Wildman–Crippen MR) is 63.9 cm³/mol. The summed E-state index contributed by atoms with van der Waals surface area (Å²) in [5, 5.41) is 0. The number of nitrogens with two attached hydrogens (primary N) is 1. The minimum absolute atomic E-state index is 0.296. The molecule has 4 heteroatoms. The Balaban J connectivity index is 1.98. The smallest absolute Gasteiger partial charge is 0.123 e. The Labute approximate surface area is 96.4 Å². The summed E-state index contributed by atoms with van der Waals surface area (Å²) < 4.78 is 5.69. The summed E-state index contributed by atoms with van der Waals surface area (Å²) in [6.07, 6.45) is 0.592. The van der Waals surface area contributed by atoms with Gasteiger partial charge in [-0.15, -0.1) is 0 Å². The second-order valence-corrected chi connectivity index (χ2v) is 4.51. The number of ether oxygens (including phenoxy) is 1. The van der Waals surface area contributed by atoms with Crippen LogP contribution in [0.25, 0.3) is 0 Å². The molecule has 1 fully saturated rings. The summed E-state index contributed by atoms with van der Waals surface area (Å²) >= 11 is 0. The first-order valence-corrected chi connectivity index (χ1v) is 5.72. The molecule has 1 saturated heterocycles. The molecule has 4 nitrogen and oxygen atoms in total. The maximum atomic E-state index is 5.69. The molecule has 2 unspecified atom stereocenters. The van der Waals surface area contributed by atoms with Gasteiger partial charge in [-0.25, -0.2) is 4.98 Å². The molecule has 0 spiro atoms. The monoisotopic (exact) mass is 221 g/mol. The number of rotatable bonds is 2. The average molecular weight is 221 g/mol. The summed E-state index contributed by atoms with van der Waals surface area (Å²) in [7, 11) is 0. The van der Waals surface area contributed by atoms with Crippen LogP contribution in [0.3, 0.4) is 0 Å². The highest BCUT2D eigenvalue weighted by molar-refractivity contribution is 5.28.